The lowest BCUT2D eigenvalue weighted by Crippen LogP contribution is -2.49. The van der Waals surface area contributed by atoms with Crippen LogP contribution in [0.25, 0.3) is 17.1 Å². The molecule has 16 heteroatoms. The van der Waals surface area contributed by atoms with Crippen LogP contribution in [0.4, 0.5) is 23.5 Å². The highest BCUT2D eigenvalue weighted by Crippen LogP contribution is 2.36. The number of anilines is 1. The molecule has 36 heavy (non-hydrogen) atoms. The fourth-order valence-electron chi connectivity index (χ4n) is 3.69. The minimum absolute atomic E-state index is 0.0466. The van der Waals surface area contributed by atoms with Crippen molar-refractivity contribution in [1.82, 2.24) is 28.8 Å². The number of piperidine rings is 1. The average Bonchev–Trinajstić information content (AvgIpc) is 3.29. The van der Waals surface area contributed by atoms with Gasteiger partial charge in [-0.2, -0.15) is 17.5 Å². The van der Waals surface area contributed by atoms with Crippen molar-refractivity contribution in [2.24, 2.45) is 0 Å². The van der Waals surface area contributed by atoms with Crippen molar-refractivity contribution < 1.29 is 30.7 Å². The smallest absolute Gasteiger partial charge is 0.420 e. The highest BCUT2D eigenvalue weighted by atomic mass is 35.5. The van der Waals surface area contributed by atoms with Gasteiger partial charge in [0.05, 0.1) is 25.1 Å². The minimum Gasteiger partial charge on any atom is -0.480 e. The molecule has 4 rings (SSSR count). The summed E-state index contributed by atoms with van der Waals surface area (Å²) in [5.74, 6) is -0.131. The second-order valence-electron chi connectivity index (χ2n) is 7.95. The van der Waals surface area contributed by atoms with Gasteiger partial charge in [0.2, 0.25) is 21.9 Å². The van der Waals surface area contributed by atoms with E-state index < -0.39 is 39.7 Å². The average molecular weight is 550 g/mol. The molecule has 10 nitrogen and oxygen atoms in total. The van der Waals surface area contributed by atoms with E-state index in [9.17, 15) is 26.0 Å². The summed E-state index contributed by atoms with van der Waals surface area (Å²) in [4.78, 5) is 15.7. The zero-order valence-electron chi connectivity index (χ0n) is 18.9. The highest BCUT2D eigenvalue weighted by Gasteiger charge is 2.37. The van der Waals surface area contributed by atoms with Crippen LogP contribution in [-0.4, -0.2) is 75.9 Å². The molecule has 1 saturated heterocycles. The highest BCUT2D eigenvalue weighted by molar-refractivity contribution is 7.88. The fraction of sp³-hybridized carbons (Fsp3) is 0.400. The molecule has 4 heterocycles. The molecule has 0 saturated carbocycles. The predicted octanol–water partition coefficient (Wildman–Crippen LogP) is 3.19. The number of pyridine rings is 1. The number of halogens is 5. The number of alkyl halides is 4. The number of ether oxygens (including phenoxy) is 1. The predicted molar refractivity (Wildman–Crippen MR) is 122 cm³/mol. The first-order chi connectivity index (χ1) is 16.9. The summed E-state index contributed by atoms with van der Waals surface area (Å²) in [6, 6.07) is 0.631. The summed E-state index contributed by atoms with van der Waals surface area (Å²) in [6.07, 6.45) is -0.808. The normalized spacial score (nSPS) is 19.3. The van der Waals surface area contributed by atoms with E-state index in [1.807, 2.05) is 0 Å². The number of rotatable bonds is 6. The Morgan fingerprint density at radius 2 is 2.00 bits per heavy atom. The lowest BCUT2D eigenvalue weighted by Gasteiger charge is -2.33. The van der Waals surface area contributed by atoms with Crippen LogP contribution in [0.3, 0.4) is 0 Å². The van der Waals surface area contributed by atoms with Crippen LogP contribution in [0.15, 0.2) is 31.0 Å². The SMILES string of the molecule is COc1nccc(-n2cnc(-c3nc(NC4CCN(S(C)(=O)=O)CC4F)ncc3C(F)(F)F)c2)c1Cl. The van der Waals surface area contributed by atoms with Gasteiger partial charge in [-0.15, -0.1) is 0 Å². The summed E-state index contributed by atoms with van der Waals surface area (Å²) >= 11 is 6.26. The van der Waals surface area contributed by atoms with Crippen LogP contribution < -0.4 is 10.1 Å². The van der Waals surface area contributed by atoms with Crippen molar-refractivity contribution in [2.45, 2.75) is 24.8 Å². The van der Waals surface area contributed by atoms with E-state index in [0.29, 0.717) is 11.9 Å². The Labute approximate surface area is 208 Å². The molecular formula is C20H20ClF4N7O3S. The quantitative estimate of drug-likeness (QED) is 0.466. The molecule has 3 aromatic rings. The van der Waals surface area contributed by atoms with E-state index in [0.717, 1.165) is 10.6 Å². The maximum absolute atomic E-state index is 14.6. The minimum atomic E-state index is -4.79. The summed E-state index contributed by atoms with van der Waals surface area (Å²) < 4.78 is 86.6. The number of nitrogens with zero attached hydrogens (tertiary/aromatic N) is 6. The van der Waals surface area contributed by atoms with E-state index >= 15 is 0 Å². The monoisotopic (exact) mass is 549 g/mol. The molecule has 1 aliphatic heterocycles. The van der Waals surface area contributed by atoms with Crippen LogP contribution in [-0.2, 0) is 16.2 Å². The van der Waals surface area contributed by atoms with Crippen molar-refractivity contribution in [3.05, 3.63) is 41.6 Å². The summed E-state index contributed by atoms with van der Waals surface area (Å²) in [5, 5.41) is 2.81. The largest absolute Gasteiger partial charge is 0.480 e. The standard InChI is InChI=1S/C20H20ClF4N7O3S/c1-35-18-16(21)15(3-5-26-18)31-9-14(28-10-31)17-11(20(23,24)25)7-27-19(30-17)29-13-4-6-32(8-12(13)22)36(2,33)34/h3,5,7,9-10,12-13H,4,6,8H2,1-2H3,(H,27,29,30). The molecule has 1 aliphatic rings. The summed E-state index contributed by atoms with van der Waals surface area (Å²) in [5.41, 5.74) is -1.44. The number of imidazole rings is 1. The number of hydrogen-bond acceptors (Lipinski definition) is 8. The third-order valence-electron chi connectivity index (χ3n) is 5.52. The number of sulfonamides is 1. The summed E-state index contributed by atoms with van der Waals surface area (Å²) in [7, 11) is -2.20. The first-order valence-corrected chi connectivity index (χ1v) is 12.6. The van der Waals surface area contributed by atoms with Gasteiger partial charge in [-0.1, -0.05) is 11.6 Å². The van der Waals surface area contributed by atoms with Crippen LogP contribution in [0.2, 0.25) is 5.02 Å². The zero-order valence-corrected chi connectivity index (χ0v) is 20.4. The molecular weight excluding hydrogens is 530 g/mol. The van der Waals surface area contributed by atoms with E-state index in [1.165, 1.54) is 36.5 Å². The Morgan fingerprint density at radius 3 is 2.64 bits per heavy atom. The van der Waals surface area contributed by atoms with E-state index in [4.69, 9.17) is 16.3 Å². The molecule has 0 radical (unpaired) electrons. The molecule has 0 bridgehead atoms. The maximum Gasteiger partial charge on any atom is 0.420 e. The lowest BCUT2D eigenvalue weighted by molar-refractivity contribution is -0.137. The third kappa shape index (κ3) is 5.37. The Kier molecular flexibility index (Phi) is 7.07. The number of aromatic nitrogens is 5. The molecule has 0 amide bonds. The van der Waals surface area contributed by atoms with E-state index in [1.54, 1.807) is 0 Å². The van der Waals surface area contributed by atoms with E-state index in [2.05, 4.69) is 25.3 Å². The van der Waals surface area contributed by atoms with Crippen molar-refractivity contribution in [3.63, 3.8) is 0 Å². The molecule has 2 atom stereocenters. The van der Waals surface area contributed by atoms with Crippen molar-refractivity contribution in [1.29, 1.82) is 0 Å². The van der Waals surface area contributed by atoms with Crippen LogP contribution in [0.5, 0.6) is 5.88 Å². The van der Waals surface area contributed by atoms with Gasteiger partial charge in [0.25, 0.3) is 0 Å². The van der Waals surface area contributed by atoms with E-state index in [-0.39, 0.29) is 42.1 Å². The third-order valence-corrected chi connectivity index (χ3v) is 7.14. The Hall–Kier alpha value is -3.04. The lowest BCUT2D eigenvalue weighted by atomic mass is 10.1. The van der Waals surface area contributed by atoms with Gasteiger partial charge in [-0.05, 0) is 12.5 Å². The first kappa shape index (κ1) is 26.0. The van der Waals surface area contributed by atoms with Crippen molar-refractivity contribution in [2.75, 3.05) is 31.8 Å². The first-order valence-electron chi connectivity index (χ1n) is 10.4. The molecule has 1 N–H and O–H groups in total. The van der Waals surface area contributed by atoms with Crippen LogP contribution >= 0.6 is 11.6 Å². The second kappa shape index (κ2) is 9.78. The Bertz CT molecular complexity index is 1370. The Balaban J connectivity index is 1.66. The topological polar surface area (TPSA) is 115 Å². The molecule has 0 spiro atoms. The Morgan fingerprint density at radius 1 is 1.25 bits per heavy atom. The van der Waals surface area contributed by atoms with Gasteiger partial charge in [0, 0.05) is 31.7 Å². The zero-order chi connectivity index (χ0) is 26.3. The van der Waals surface area contributed by atoms with Crippen LogP contribution in [0, 0.1) is 0 Å². The van der Waals surface area contributed by atoms with Gasteiger partial charge in [0.15, 0.2) is 0 Å². The van der Waals surface area contributed by atoms with Crippen molar-refractivity contribution in [3.8, 4) is 23.0 Å². The molecule has 0 aliphatic carbocycles. The molecule has 2 unspecified atom stereocenters. The molecule has 0 aromatic carbocycles. The van der Waals surface area contributed by atoms with Gasteiger partial charge < -0.3 is 14.6 Å². The number of nitrogens with one attached hydrogen (secondary N) is 1. The number of hydrogen-bond donors (Lipinski definition) is 1. The summed E-state index contributed by atoms with van der Waals surface area (Å²) in [6.45, 7) is -0.338. The second-order valence-corrected chi connectivity index (χ2v) is 10.3. The molecule has 3 aromatic heterocycles. The molecule has 1 fully saturated rings. The van der Waals surface area contributed by atoms with Gasteiger partial charge in [-0.3, -0.25) is 0 Å². The number of methoxy groups -OCH3 is 1. The van der Waals surface area contributed by atoms with Gasteiger partial charge >= 0.3 is 6.18 Å². The van der Waals surface area contributed by atoms with Gasteiger partial charge in [-0.25, -0.2) is 32.7 Å². The fourth-order valence-corrected chi connectivity index (χ4v) is 4.83. The molecule has 194 valence electrons. The maximum atomic E-state index is 14.6. The van der Waals surface area contributed by atoms with Crippen molar-refractivity contribution >= 4 is 27.6 Å². The van der Waals surface area contributed by atoms with Gasteiger partial charge in [0.1, 0.15) is 34.5 Å². The van der Waals surface area contributed by atoms with Crippen LogP contribution in [0.1, 0.15) is 12.0 Å².